The molecule has 10 rings (SSSR count). The monoisotopic (exact) mass is 689 g/mol. The van der Waals surface area contributed by atoms with E-state index in [2.05, 4.69) is 205 Å². The zero-order chi connectivity index (χ0) is 35.8. The van der Waals surface area contributed by atoms with Gasteiger partial charge in [-0.1, -0.05) is 170 Å². The predicted octanol–water partition coefficient (Wildman–Crippen LogP) is 14.9. The van der Waals surface area contributed by atoms with Crippen LogP contribution in [0.15, 0.2) is 217 Å². The number of fused-ring (bicyclic) bond motifs is 4. The smallest absolute Gasteiger partial charge is 0.137 e. The van der Waals surface area contributed by atoms with Gasteiger partial charge >= 0.3 is 0 Å². The molecule has 0 bridgehead atoms. The first-order valence-corrected chi connectivity index (χ1v) is 18.4. The van der Waals surface area contributed by atoms with Crippen LogP contribution in [-0.4, -0.2) is 0 Å². The molecule has 10 aromatic rings. The number of benzene rings is 9. The number of nitrogens with zero attached hydrogens (tertiary/aromatic N) is 1. The van der Waals surface area contributed by atoms with E-state index in [1.807, 2.05) is 12.1 Å². The molecule has 2 heteroatoms. The summed E-state index contributed by atoms with van der Waals surface area (Å²) in [5, 5.41) is 4.60. The molecule has 0 amide bonds. The van der Waals surface area contributed by atoms with Crippen LogP contribution in [0.25, 0.3) is 77.2 Å². The second-order valence-electron chi connectivity index (χ2n) is 13.7. The third kappa shape index (κ3) is 5.53. The van der Waals surface area contributed by atoms with Gasteiger partial charge in [0.15, 0.2) is 0 Å². The summed E-state index contributed by atoms with van der Waals surface area (Å²) in [6.45, 7) is 0. The summed E-state index contributed by atoms with van der Waals surface area (Å²) in [5.74, 6) is 0. The summed E-state index contributed by atoms with van der Waals surface area (Å²) < 4.78 is 6.46. The number of furan rings is 1. The summed E-state index contributed by atoms with van der Waals surface area (Å²) in [5.41, 5.74) is 14.4. The highest BCUT2D eigenvalue weighted by molar-refractivity contribution is 6.08. The van der Waals surface area contributed by atoms with Crippen LogP contribution >= 0.6 is 0 Å². The third-order valence-electron chi connectivity index (χ3n) is 10.5. The first-order chi connectivity index (χ1) is 26.8. The summed E-state index contributed by atoms with van der Waals surface area (Å²) in [6, 6.07) is 76.0. The van der Waals surface area contributed by atoms with Crippen molar-refractivity contribution >= 4 is 49.8 Å². The highest BCUT2D eigenvalue weighted by Gasteiger charge is 2.22. The van der Waals surface area contributed by atoms with Gasteiger partial charge < -0.3 is 9.32 Å². The van der Waals surface area contributed by atoms with E-state index in [-0.39, 0.29) is 0 Å². The SMILES string of the molecule is c1ccc(-c2ccc(-c3ccccc3-c3ccccc3N(c3ccc4c(c3)oc3ccccc34)c3cccc4ccccc34)c(-c3ccccc3)c2)cc1. The Morgan fingerprint density at radius 2 is 0.870 bits per heavy atom. The van der Waals surface area contributed by atoms with Crippen LogP contribution in [0.1, 0.15) is 0 Å². The average molecular weight is 690 g/mol. The van der Waals surface area contributed by atoms with Crippen molar-refractivity contribution in [3.8, 4) is 44.5 Å². The lowest BCUT2D eigenvalue weighted by Crippen LogP contribution is -2.12. The van der Waals surface area contributed by atoms with Crippen LogP contribution < -0.4 is 4.90 Å². The molecule has 0 aliphatic rings. The van der Waals surface area contributed by atoms with E-state index in [0.29, 0.717) is 0 Å². The van der Waals surface area contributed by atoms with Gasteiger partial charge in [-0.25, -0.2) is 0 Å². The molecule has 0 radical (unpaired) electrons. The predicted molar refractivity (Wildman–Crippen MR) is 228 cm³/mol. The van der Waals surface area contributed by atoms with Crippen LogP contribution in [-0.2, 0) is 0 Å². The number of para-hydroxylation sites is 2. The van der Waals surface area contributed by atoms with Gasteiger partial charge in [0, 0.05) is 33.5 Å². The van der Waals surface area contributed by atoms with Crippen molar-refractivity contribution in [1.29, 1.82) is 0 Å². The lowest BCUT2D eigenvalue weighted by Gasteiger charge is -2.29. The summed E-state index contributed by atoms with van der Waals surface area (Å²) in [6.07, 6.45) is 0. The van der Waals surface area contributed by atoms with Crippen LogP contribution in [0.2, 0.25) is 0 Å². The Kier molecular flexibility index (Phi) is 7.85. The molecule has 0 spiro atoms. The van der Waals surface area contributed by atoms with Gasteiger partial charge in [-0.2, -0.15) is 0 Å². The molecule has 9 aromatic carbocycles. The topological polar surface area (TPSA) is 16.4 Å². The zero-order valence-electron chi connectivity index (χ0n) is 29.6. The Bertz CT molecular complexity index is 2940. The molecular formula is C52H35NO. The van der Waals surface area contributed by atoms with E-state index in [0.717, 1.165) is 50.1 Å². The van der Waals surface area contributed by atoms with Gasteiger partial charge in [0.1, 0.15) is 11.2 Å². The van der Waals surface area contributed by atoms with E-state index in [9.17, 15) is 0 Å². The van der Waals surface area contributed by atoms with Crippen molar-refractivity contribution in [2.75, 3.05) is 4.90 Å². The highest BCUT2D eigenvalue weighted by Crippen LogP contribution is 2.47. The minimum atomic E-state index is 0.864. The molecule has 0 N–H and O–H groups in total. The number of rotatable bonds is 7. The number of hydrogen-bond acceptors (Lipinski definition) is 2. The molecule has 2 nitrogen and oxygen atoms in total. The maximum absolute atomic E-state index is 6.46. The van der Waals surface area contributed by atoms with E-state index >= 15 is 0 Å². The summed E-state index contributed by atoms with van der Waals surface area (Å²) in [4.78, 5) is 2.40. The normalized spacial score (nSPS) is 11.3. The van der Waals surface area contributed by atoms with Gasteiger partial charge in [0.2, 0.25) is 0 Å². The van der Waals surface area contributed by atoms with Crippen molar-refractivity contribution in [1.82, 2.24) is 0 Å². The van der Waals surface area contributed by atoms with Crippen molar-refractivity contribution in [2.24, 2.45) is 0 Å². The number of anilines is 3. The van der Waals surface area contributed by atoms with E-state index < -0.39 is 0 Å². The quantitative estimate of drug-likeness (QED) is 0.166. The fourth-order valence-electron chi connectivity index (χ4n) is 7.96. The third-order valence-corrected chi connectivity index (χ3v) is 10.5. The second-order valence-corrected chi connectivity index (χ2v) is 13.7. The molecule has 0 saturated carbocycles. The molecular weight excluding hydrogens is 655 g/mol. The minimum Gasteiger partial charge on any atom is -0.456 e. The first kappa shape index (κ1) is 31.6. The zero-order valence-corrected chi connectivity index (χ0v) is 29.6. The number of hydrogen-bond donors (Lipinski definition) is 0. The van der Waals surface area contributed by atoms with Crippen molar-refractivity contribution in [3.63, 3.8) is 0 Å². The molecule has 54 heavy (non-hydrogen) atoms. The Morgan fingerprint density at radius 3 is 1.69 bits per heavy atom. The van der Waals surface area contributed by atoms with Crippen LogP contribution in [0.5, 0.6) is 0 Å². The molecule has 0 aliphatic carbocycles. The molecule has 0 unspecified atom stereocenters. The standard InChI is InChI=1S/C52H35NO/c1-3-16-36(17-4-1)39-30-32-44(48(34-39)38-18-5-2-6-19-38)42-23-9-10-24-43(42)45-25-11-13-27-50(45)53(49-28-15-21-37-20-7-8-22-41(37)49)40-31-33-47-46-26-12-14-29-51(46)54-52(47)35-40/h1-35H. The highest BCUT2D eigenvalue weighted by atomic mass is 16.3. The Balaban J connectivity index is 1.20. The molecule has 0 aliphatic heterocycles. The fourth-order valence-corrected chi connectivity index (χ4v) is 7.96. The molecule has 0 saturated heterocycles. The molecule has 0 atom stereocenters. The van der Waals surface area contributed by atoms with Gasteiger partial charge in [0.25, 0.3) is 0 Å². The van der Waals surface area contributed by atoms with Crippen LogP contribution in [0.4, 0.5) is 17.1 Å². The van der Waals surface area contributed by atoms with E-state index in [1.54, 1.807) is 0 Å². The Labute approximate surface area is 314 Å². The molecule has 1 heterocycles. The molecule has 0 fully saturated rings. The molecule has 254 valence electrons. The van der Waals surface area contributed by atoms with Crippen molar-refractivity contribution in [3.05, 3.63) is 212 Å². The lowest BCUT2D eigenvalue weighted by molar-refractivity contribution is 0.669. The Morgan fingerprint density at radius 1 is 0.296 bits per heavy atom. The van der Waals surface area contributed by atoms with Gasteiger partial charge in [-0.05, 0) is 80.7 Å². The largest absolute Gasteiger partial charge is 0.456 e. The van der Waals surface area contributed by atoms with Crippen molar-refractivity contribution in [2.45, 2.75) is 0 Å². The van der Waals surface area contributed by atoms with Gasteiger partial charge in [0.05, 0.1) is 11.4 Å². The minimum absolute atomic E-state index is 0.864. The Hall–Kier alpha value is -7.16. The van der Waals surface area contributed by atoms with Gasteiger partial charge in [-0.3, -0.25) is 0 Å². The van der Waals surface area contributed by atoms with Crippen LogP contribution in [0.3, 0.4) is 0 Å². The summed E-state index contributed by atoms with van der Waals surface area (Å²) >= 11 is 0. The first-order valence-electron chi connectivity index (χ1n) is 18.4. The van der Waals surface area contributed by atoms with Gasteiger partial charge in [-0.15, -0.1) is 0 Å². The van der Waals surface area contributed by atoms with E-state index in [1.165, 1.54) is 44.2 Å². The lowest BCUT2D eigenvalue weighted by atomic mass is 9.87. The molecule has 1 aromatic heterocycles. The van der Waals surface area contributed by atoms with Crippen LogP contribution in [0, 0.1) is 0 Å². The van der Waals surface area contributed by atoms with Crippen molar-refractivity contribution < 1.29 is 4.42 Å². The maximum atomic E-state index is 6.46. The average Bonchev–Trinajstić information content (AvgIpc) is 3.62. The second kappa shape index (κ2) is 13.4. The maximum Gasteiger partial charge on any atom is 0.137 e. The van der Waals surface area contributed by atoms with E-state index in [4.69, 9.17) is 4.42 Å². The summed E-state index contributed by atoms with van der Waals surface area (Å²) in [7, 11) is 0. The fraction of sp³-hybridized carbons (Fsp3) is 0.